The number of anilines is 1. The normalized spacial score (nSPS) is 10.1. The molecule has 19 heavy (non-hydrogen) atoms. The average Bonchev–Trinajstić information content (AvgIpc) is 2.37. The predicted molar refractivity (Wildman–Crippen MR) is 76.0 cm³/mol. The topological polar surface area (TPSA) is 54.0 Å². The van der Waals surface area contributed by atoms with Crippen molar-refractivity contribution in [3.8, 4) is 0 Å². The molecular weight excluding hydrogens is 238 g/mol. The van der Waals surface area contributed by atoms with Crippen LogP contribution >= 0.6 is 0 Å². The Hall–Kier alpha value is -2.36. The highest BCUT2D eigenvalue weighted by Crippen LogP contribution is 2.11. The van der Waals surface area contributed by atoms with Crippen LogP contribution in [-0.2, 0) is 0 Å². The molecular formula is C15H17N3O. The summed E-state index contributed by atoms with van der Waals surface area (Å²) < 4.78 is 0. The van der Waals surface area contributed by atoms with E-state index in [0.29, 0.717) is 11.4 Å². The minimum atomic E-state index is -0.164. The average molecular weight is 255 g/mol. The van der Waals surface area contributed by atoms with Gasteiger partial charge in [-0.1, -0.05) is 23.8 Å². The molecule has 0 aliphatic rings. The third-order valence-corrected chi connectivity index (χ3v) is 2.93. The zero-order valence-corrected chi connectivity index (χ0v) is 11.3. The van der Waals surface area contributed by atoms with Crippen LogP contribution in [0.4, 0.5) is 5.82 Å². The molecule has 0 saturated carbocycles. The summed E-state index contributed by atoms with van der Waals surface area (Å²) in [7, 11) is 0. The Morgan fingerprint density at radius 3 is 2.58 bits per heavy atom. The van der Waals surface area contributed by atoms with Crippen molar-refractivity contribution in [3.63, 3.8) is 0 Å². The molecule has 0 aliphatic heterocycles. The maximum Gasteiger partial charge on any atom is 0.269 e. The molecule has 2 N–H and O–H groups in total. The zero-order chi connectivity index (χ0) is 13.8. The molecule has 0 fully saturated rings. The fraction of sp³-hybridized carbons (Fsp3) is 0.200. The second-order valence-corrected chi connectivity index (χ2v) is 4.57. The van der Waals surface area contributed by atoms with Gasteiger partial charge in [0.25, 0.3) is 5.91 Å². The molecule has 2 aromatic rings. The Kier molecular flexibility index (Phi) is 3.80. The van der Waals surface area contributed by atoms with E-state index in [4.69, 9.17) is 0 Å². The monoisotopic (exact) mass is 255 g/mol. The first-order valence-corrected chi connectivity index (χ1v) is 6.13. The molecule has 1 amide bonds. The van der Waals surface area contributed by atoms with Gasteiger partial charge in [0.1, 0.15) is 5.82 Å². The van der Waals surface area contributed by atoms with Crippen LogP contribution in [-0.4, -0.2) is 10.9 Å². The maximum absolute atomic E-state index is 12.1. The Balaban J connectivity index is 2.08. The molecule has 0 saturated heterocycles. The lowest BCUT2D eigenvalue weighted by Gasteiger charge is -2.11. The molecule has 4 nitrogen and oxygen atoms in total. The number of aryl methyl sites for hydroxylation is 3. The van der Waals surface area contributed by atoms with E-state index in [2.05, 4.69) is 15.8 Å². The first-order valence-electron chi connectivity index (χ1n) is 6.13. The molecule has 4 heteroatoms. The summed E-state index contributed by atoms with van der Waals surface area (Å²) in [6, 6.07) is 9.52. The fourth-order valence-electron chi connectivity index (χ4n) is 1.87. The van der Waals surface area contributed by atoms with Crippen molar-refractivity contribution < 1.29 is 4.79 Å². The third kappa shape index (κ3) is 3.10. The van der Waals surface area contributed by atoms with Crippen molar-refractivity contribution >= 4 is 11.7 Å². The number of rotatable bonds is 3. The van der Waals surface area contributed by atoms with Crippen LogP contribution in [0.2, 0.25) is 0 Å². The third-order valence-electron chi connectivity index (χ3n) is 2.93. The summed E-state index contributed by atoms with van der Waals surface area (Å²) in [5.74, 6) is 0.489. The van der Waals surface area contributed by atoms with Gasteiger partial charge in [-0.3, -0.25) is 15.6 Å². The SMILES string of the molecule is Cc1ccc(C(=O)NNc2ncccc2C)c(C)c1. The van der Waals surface area contributed by atoms with E-state index >= 15 is 0 Å². The molecule has 0 spiro atoms. The van der Waals surface area contributed by atoms with E-state index < -0.39 is 0 Å². The lowest BCUT2D eigenvalue weighted by molar-refractivity contribution is 0.0962. The summed E-state index contributed by atoms with van der Waals surface area (Å²) in [6.07, 6.45) is 1.68. The lowest BCUT2D eigenvalue weighted by Crippen LogP contribution is -2.30. The summed E-state index contributed by atoms with van der Waals surface area (Å²) in [5.41, 5.74) is 9.24. The molecule has 0 atom stereocenters. The van der Waals surface area contributed by atoms with E-state index in [1.165, 1.54) is 0 Å². The van der Waals surface area contributed by atoms with Gasteiger partial charge >= 0.3 is 0 Å². The number of carbonyl (C=O) groups excluding carboxylic acids is 1. The van der Waals surface area contributed by atoms with Gasteiger partial charge in [-0.25, -0.2) is 4.98 Å². The molecule has 0 bridgehead atoms. The van der Waals surface area contributed by atoms with Crippen molar-refractivity contribution in [2.75, 3.05) is 5.43 Å². The van der Waals surface area contributed by atoms with Crippen LogP contribution in [0, 0.1) is 20.8 Å². The number of amides is 1. The van der Waals surface area contributed by atoms with Crippen LogP contribution in [0.3, 0.4) is 0 Å². The number of hydrogen-bond acceptors (Lipinski definition) is 3. The highest BCUT2D eigenvalue weighted by Gasteiger charge is 2.08. The second-order valence-electron chi connectivity index (χ2n) is 4.57. The van der Waals surface area contributed by atoms with Gasteiger partial charge in [-0.15, -0.1) is 0 Å². The fourth-order valence-corrected chi connectivity index (χ4v) is 1.87. The van der Waals surface area contributed by atoms with Crippen LogP contribution in [0.15, 0.2) is 36.5 Å². The van der Waals surface area contributed by atoms with E-state index in [9.17, 15) is 4.79 Å². The zero-order valence-electron chi connectivity index (χ0n) is 11.3. The Labute approximate surface area is 112 Å². The van der Waals surface area contributed by atoms with Crippen molar-refractivity contribution in [1.82, 2.24) is 10.4 Å². The predicted octanol–water partition coefficient (Wildman–Crippen LogP) is 2.76. The summed E-state index contributed by atoms with van der Waals surface area (Å²) in [6.45, 7) is 5.86. The van der Waals surface area contributed by atoms with E-state index in [1.54, 1.807) is 6.20 Å². The van der Waals surface area contributed by atoms with Gasteiger partial charge in [-0.05, 0) is 44.0 Å². The highest BCUT2D eigenvalue weighted by atomic mass is 16.2. The van der Waals surface area contributed by atoms with Gasteiger partial charge in [0.05, 0.1) is 0 Å². The van der Waals surface area contributed by atoms with Crippen molar-refractivity contribution in [2.24, 2.45) is 0 Å². The number of pyridine rings is 1. The van der Waals surface area contributed by atoms with Crippen LogP contribution < -0.4 is 10.9 Å². The smallest absolute Gasteiger partial charge is 0.269 e. The van der Waals surface area contributed by atoms with Crippen molar-refractivity contribution in [2.45, 2.75) is 20.8 Å². The quantitative estimate of drug-likeness (QED) is 0.829. The number of nitrogens with zero attached hydrogens (tertiary/aromatic N) is 1. The summed E-state index contributed by atoms with van der Waals surface area (Å²) in [4.78, 5) is 16.2. The minimum absolute atomic E-state index is 0.164. The number of hydrazine groups is 1. The molecule has 1 aromatic heterocycles. The number of nitrogens with one attached hydrogen (secondary N) is 2. The molecule has 0 unspecified atom stereocenters. The van der Waals surface area contributed by atoms with Crippen molar-refractivity contribution in [3.05, 3.63) is 58.8 Å². The highest BCUT2D eigenvalue weighted by molar-refractivity contribution is 5.96. The maximum atomic E-state index is 12.1. The molecule has 0 radical (unpaired) electrons. The van der Waals surface area contributed by atoms with E-state index in [0.717, 1.165) is 16.7 Å². The number of benzene rings is 1. The molecule has 0 aliphatic carbocycles. The Bertz CT molecular complexity index is 608. The number of hydrogen-bond donors (Lipinski definition) is 2. The molecule has 98 valence electrons. The van der Waals surface area contributed by atoms with Gasteiger partial charge in [-0.2, -0.15) is 0 Å². The van der Waals surface area contributed by atoms with Gasteiger partial charge in [0.2, 0.25) is 0 Å². The summed E-state index contributed by atoms with van der Waals surface area (Å²) in [5, 5.41) is 0. The second kappa shape index (κ2) is 5.52. The van der Waals surface area contributed by atoms with Crippen LogP contribution in [0.1, 0.15) is 27.0 Å². The molecule has 1 heterocycles. The first-order chi connectivity index (χ1) is 9.08. The van der Waals surface area contributed by atoms with Crippen molar-refractivity contribution in [1.29, 1.82) is 0 Å². The van der Waals surface area contributed by atoms with Gasteiger partial charge < -0.3 is 0 Å². The van der Waals surface area contributed by atoms with Crippen LogP contribution in [0.5, 0.6) is 0 Å². The van der Waals surface area contributed by atoms with Gasteiger partial charge in [0, 0.05) is 11.8 Å². The standard InChI is InChI=1S/C15H17N3O/c1-10-6-7-13(12(3)9-10)15(19)18-17-14-11(2)5-4-8-16-14/h4-9H,1-3H3,(H,16,17)(H,18,19). The Morgan fingerprint density at radius 2 is 1.89 bits per heavy atom. The first kappa shape index (κ1) is 13.1. The van der Waals surface area contributed by atoms with Gasteiger partial charge in [0.15, 0.2) is 0 Å². The van der Waals surface area contributed by atoms with E-state index in [-0.39, 0.29) is 5.91 Å². The van der Waals surface area contributed by atoms with E-state index in [1.807, 2.05) is 51.1 Å². The molecule has 2 rings (SSSR count). The number of aromatic nitrogens is 1. The largest absolute Gasteiger partial charge is 0.281 e. The summed E-state index contributed by atoms with van der Waals surface area (Å²) >= 11 is 0. The molecule has 1 aromatic carbocycles. The Morgan fingerprint density at radius 1 is 1.11 bits per heavy atom. The minimum Gasteiger partial charge on any atom is -0.281 e. The number of carbonyl (C=O) groups is 1. The van der Waals surface area contributed by atoms with Crippen LogP contribution in [0.25, 0.3) is 0 Å². The lowest BCUT2D eigenvalue weighted by atomic mass is 10.1.